The SMILES string of the molecule is COC(=O)[C@H](Cc1cnc[nH]1)NC(=O)Cc1ccn(C)n1. The first-order valence-corrected chi connectivity index (χ1v) is 6.41. The van der Waals surface area contributed by atoms with Gasteiger partial charge >= 0.3 is 5.97 Å². The first kappa shape index (κ1) is 14.8. The lowest BCUT2D eigenvalue weighted by molar-refractivity contribution is -0.145. The summed E-state index contributed by atoms with van der Waals surface area (Å²) in [7, 11) is 3.06. The highest BCUT2D eigenvalue weighted by molar-refractivity contribution is 5.85. The molecule has 2 rings (SSSR count). The van der Waals surface area contributed by atoms with E-state index in [9.17, 15) is 9.59 Å². The molecule has 0 aliphatic carbocycles. The van der Waals surface area contributed by atoms with Crippen molar-refractivity contribution in [2.24, 2.45) is 7.05 Å². The molecule has 0 fully saturated rings. The number of hydrogen-bond acceptors (Lipinski definition) is 5. The Morgan fingerprint density at radius 1 is 1.52 bits per heavy atom. The smallest absolute Gasteiger partial charge is 0.328 e. The van der Waals surface area contributed by atoms with Gasteiger partial charge in [-0.1, -0.05) is 0 Å². The second-order valence-electron chi connectivity index (χ2n) is 4.58. The van der Waals surface area contributed by atoms with E-state index in [-0.39, 0.29) is 12.3 Å². The third-order valence-electron chi connectivity index (χ3n) is 2.91. The summed E-state index contributed by atoms with van der Waals surface area (Å²) in [4.78, 5) is 30.5. The number of carbonyl (C=O) groups excluding carboxylic acids is 2. The van der Waals surface area contributed by atoms with E-state index >= 15 is 0 Å². The van der Waals surface area contributed by atoms with Gasteiger partial charge in [-0.25, -0.2) is 9.78 Å². The van der Waals surface area contributed by atoms with Crippen LogP contribution in [0.25, 0.3) is 0 Å². The van der Waals surface area contributed by atoms with E-state index in [0.717, 1.165) is 5.69 Å². The number of aromatic amines is 1. The third kappa shape index (κ3) is 4.16. The van der Waals surface area contributed by atoms with Gasteiger partial charge in [-0.2, -0.15) is 5.10 Å². The Kier molecular flexibility index (Phi) is 4.70. The lowest BCUT2D eigenvalue weighted by Crippen LogP contribution is -2.43. The summed E-state index contributed by atoms with van der Waals surface area (Å²) < 4.78 is 6.32. The number of nitrogens with zero attached hydrogens (tertiary/aromatic N) is 3. The maximum Gasteiger partial charge on any atom is 0.328 e. The maximum atomic E-state index is 12.0. The molecule has 2 aromatic rings. The molecular formula is C13H17N5O3. The Labute approximate surface area is 121 Å². The van der Waals surface area contributed by atoms with E-state index in [2.05, 4.69) is 20.4 Å². The van der Waals surface area contributed by atoms with Crippen LogP contribution in [0.3, 0.4) is 0 Å². The van der Waals surface area contributed by atoms with Crippen LogP contribution >= 0.6 is 0 Å². The van der Waals surface area contributed by atoms with E-state index in [1.54, 1.807) is 30.2 Å². The predicted molar refractivity (Wildman–Crippen MR) is 73.2 cm³/mol. The molecule has 2 heterocycles. The van der Waals surface area contributed by atoms with Gasteiger partial charge < -0.3 is 15.0 Å². The molecule has 0 unspecified atom stereocenters. The number of rotatable bonds is 6. The number of esters is 1. The molecule has 1 atom stereocenters. The van der Waals surface area contributed by atoms with Crippen LogP contribution in [0.4, 0.5) is 0 Å². The number of aryl methyl sites for hydroxylation is 1. The second kappa shape index (κ2) is 6.69. The highest BCUT2D eigenvalue weighted by Crippen LogP contribution is 2.02. The minimum absolute atomic E-state index is 0.108. The van der Waals surface area contributed by atoms with Gasteiger partial charge in [0.05, 0.1) is 25.6 Å². The maximum absolute atomic E-state index is 12.0. The molecule has 0 aromatic carbocycles. The quantitative estimate of drug-likeness (QED) is 0.704. The third-order valence-corrected chi connectivity index (χ3v) is 2.91. The highest BCUT2D eigenvalue weighted by atomic mass is 16.5. The molecule has 0 bridgehead atoms. The van der Waals surface area contributed by atoms with Crippen LogP contribution in [-0.4, -0.2) is 44.8 Å². The summed E-state index contributed by atoms with van der Waals surface area (Å²) in [6.45, 7) is 0. The van der Waals surface area contributed by atoms with Crippen molar-refractivity contribution in [3.63, 3.8) is 0 Å². The average Bonchev–Trinajstić information content (AvgIpc) is 3.09. The Bertz CT molecular complexity index is 605. The molecule has 0 saturated heterocycles. The lowest BCUT2D eigenvalue weighted by Gasteiger charge is -2.15. The molecule has 2 aromatic heterocycles. The monoisotopic (exact) mass is 291 g/mol. The molecular weight excluding hydrogens is 274 g/mol. The van der Waals surface area contributed by atoms with E-state index in [1.807, 2.05) is 0 Å². The summed E-state index contributed by atoms with van der Waals surface area (Å²) in [5.74, 6) is -0.789. The Morgan fingerprint density at radius 2 is 2.33 bits per heavy atom. The van der Waals surface area contributed by atoms with Crippen LogP contribution in [0.2, 0.25) is 0 Å². The van der Waals surface area contributed by atoms with Gasteiger partial charge in [0.2, 0.25) is 5.91 Å². The van der Waals surface area contributed by atoms with Gasteiger partial charge in [0.1, 0.15) is 6.04 Å². The largest absolute Gasteiger partial charge is 0.467 e. The Morgan fingerprint density at radius 3 is 2.90 bits per heavy atom. The summed E-state index contributed by atoms with van der Waals surface area (Å²) in [5, 5.41) is 6.78. The molecule has 0 radical (unpaired) electrons. The van der Waals surface area contributed by atoms with Gasteiger partial charge in [0.25, 0.3) is 0 Å². The minimum Gasteiger partial charge on any atom is -0.467 e. The summed E-state index contributed by atoms with van der Waals surface area (Å²) in [6.07, 6.45) is 5.27. The predicted octanol–water partition coefficient (Wildman–Crippen LogP) is -0.414. The molecule has 1 amide bonds. The Hall–Kier alpha value is -2.64. The fraction of sp³-hybridized carbons (Fsp3) is 0.385. The molecule has 8 nitrogen and oxygen atoms in total. The van der Waals surface area contributed by atoms with Gasteiger partial charge in [0.15, 0.2) is 0 Å². The zero-order chi connectivity index (χ0) is 15.2. The zero-order valence-corrected chi connectivity index (χ0v) is 11.9. The number of H-pyrrole nitrogens is 1. The van der Waals surface area contributed by atoms with Crippen molar-refractivity contribution in [3.8, 4) is 0 Å². The zero-order valence-electron chi connectivity index (χ0n) is 11.9. The number of ether oxygens (including phenoxy) is 1. The van der Waals surface area contributed by atoms with Gasteiger partial charge in [-0.15, -0.1) is 0 Å². The molecule has 21 heavy (non-hydrogen) atoms. The van der Waals surface area contributed by atoms with E-state index in [4.69, 9.17) is 4.74 Å². The Balaban J connectivity index is 1.97. The van der Waals surface area contributed by atoms with Crippen molar-refractivity contribution in [3.05, 3.63) is 36.2 Å². The fourth-order valence-electron chi connectivity index (χ4n) is 1.92. The molecule has 0 spiro atoms. The molecule has 8 heteroatoms. The van der Waals surface area contributed by atoms with Crippen LogP contribution in [0, 0.1) is 0 Å². The van der Waals surface area contributed by atoms with Crippen molar-refractivity contribution in [2.45, 2.75) is 18.9 Å². The standard InChI is InChI=1S/C13H17N5O3/c1-18-4-3-9(17-18)6-12(19)16-11(13(20)21-2)5-10-7-14-8-15-10/h3-4,7-8,11H,5-6H2,1-2H3,(H,14,15)(H,16,19)/t11-/m0/s1. The van der Waals surface area contributed by atoms with Crippen LogP contribution in [-0.2, 0) is 34.2 Å². The summed E-state index contributed by atoms with van der Waals surface area (Å²) in [6, 6.07) is 0.994. The number of amides is 1. The number of methoxy groups -OCH3 is 1. The van der Waals surface area contributed by atoms with Crippen LogP contribution < -0.4 is 5.32 Å². The van der Waals surface area contributed by atoms with Crippen molar-refractivity contribution < 1.29 is 14.3 Å². The average molecular weight is 291 g/mol. The number of aromatic nitrogens is 4. The molecule has 0 aliphatic rings. The van der Waals surface area contributed by atoms with Crippen LogP contribution in [0.5, 0.6) is 0 Å². The number of nitrogens with one attached hydrogen (secondary N) is 2. The number of imidazole rings is 1. The van der Waals surface area contributed by atoms with Gasteiger partial charge in [0, 0.05) is 31.6 Å². The fourth-order valence-corrected chi connectivity index (χ4v) is 1.92. The molecule has 0 aliphatic heterocycles. The molecule has 0 saturated carbocycles. The first-order valence-electron chi connectivity index (χ1n) is 6.41. The van der Waals surface area contributed by atoms with Crippen molar-refractivity contribution in [1.82, 2.24) is 25.1 Å². The molecule has 2 N–H and O–H groups in total. The second-order valence-corrected chi connectivity index (χ2v) is 4.58. The number of carbonyl (C=O) groups is 2. The number of hydrogen-bond donors (Lipinski definition) is 2. The minimum atomic E-state index is -0.758. The van der Waals surface area contributed by atoms with E-state index in [1.165, 1.54) is 13.4 Å². The lowest BCUT2D eigenvalue weighted by atomic mass is 10.1. The summed E-state index contributed by atoms with van der Waals surface area (Å²) in [5.41, 5.74) is 1.38. The van der Waals surface area contributed by atoms with Crippen molar-refractivity contribution in [2.75, 3.05) is 7.11 Å². The first-order chi connectivity index (χ1) is 10.1. The van der Waals surface area contributed by atoms with E-state index in [0.29, 0.717) is 12.1 Å². The van der Waals surface area contributed by atoms with Crippen molar-refractivity contribution in [1.29, 1.82) is 0 Å². The van der Waals surface area contributed by atoms with Crippen molar-refractivity contribution >= 4 is 11.9 Å². The topological polar surface area (TPSA) is 102 Å². The van der Waals surface area contributed by atoms with Gasteiger partial charge in [-0.05, 0) is 6.07 Å². The normalized spacial score (nSPS) is 11.9. The van der Waals surface area contributed by atoms with E-state index < -0.39 is 12.0 Å². The summed E-state index contributed by atoms with van der Waals surface area (Å²) >= 11 is 0. The molecule has 112 valence electrons. The van der Waals surface area contributed by atoms with Crippen LogP contribution in [0.1, 0.15) is 11.4 Å². The van der Waals surface area contributed by atoms with Gasteiger partial charge in [-0.3, -0.25) is 9.48 Å². The highest BCUT2D eigenvalue weighted by Gasteiger charge is 2.22. The van der Waals surface area contributed by atoms with Crippen LogP contribution in [0.15, 0.2) is 24.8 Å².